The number of nitrogens with one attached hydrogen (secondary N) is 3. The van der Waals surface area contributed by atoms with E-state index in [9.17, 15) is 4.79 Å². The zero-order valence-corrected chi connectivity index (χ0v) is 6.72. The third-order valence-electron chi connectivity index (χ3n) is 1.90. The van der Waals surface area contributed by atoms with Gasteiger partial charge in [0.25, 0.3) is 5.56 Å². The molecule has 66 valence electrons. The van der Waals surface area contributed by atoms with Gasteiger partial charge in [-0.1, -0.05) is 0 Å². The molecule has 0 atom stereocenters. The SMILES string of the molecule is N=C(N)c1c[nH]c(=O)c2[nH]ccc12. The fourth-order valence-corrected chi connectivity index (χ4v) is 1.29. The van der Waals surface area contributed by atoms with Crippen molar-refractivity contribution in [2.24, 2.45) is 5.73 Å². The summed E-state index contributed by atoms with van der Waals surface area (Å²) < 4.78 is 0. The zero-order valence-electron chi connectivity index (χ0n) is 6.72. The Morgan fingerprint density at radius 2 is 2.23 bits per heavy atom. The van der Waals surface area contributed by atoms with Gasteiger partial charge in [-0.2, -0.15) is 0 Å². The van der Waals surface area contributed by atoms with Crippen molar-refractivity contribution in [2.45, 2.75) is 0 Å². The summed E-state index contributed by atoms with van der Waals surface area (Å²) in [6, 6.07) is 1.72. The van der Waals surface area contributed by atoms with E-state index in [0.717, 1.165) is 0 Å². The van der Waals surface area contributed by atoms with Crippen LogP contribution in [0.25, 0.3) is 10.9 Å². The van der Waals surface area contributed by atoms with Crippen LogP contribution in [0.5, 0.6) is 0 Å². The minimum absolute atomic E-state index is 0.0548. The molecule has 0 radical (unpaired) electrons. The van der Waals surface area contributed by atoms with Crippen LogP contribution in [-0.2, 0) is 0 Å². The lowest BCUT2D eigenvalue weighted by molar-refractivity contribution is 1.24. The first-order valence-corrected chi connectivity index (χ1v) is 3.73. The second kappa shape index (κ2) is 2.48. The normalized spacial score (nSPS) is 10.5. The van der Waals surface area contributed by atoms with Crippen molar-refractivity contribution in [3.8, 4) is 0 Å². The van der Waals surface area contributed by atoms with E-state index in [1.54, 1.807) is 12.3 Å². The Bertz CT molecular complexity index is 522. The molecule has 2 aromatic heterocycles. The monoisotopic (exact) mass is 176 g/mol. The molecule has 0 bridgehead atoms. The summed E-state index contributed by atoms with van der Waals surface area (Å²) in [4.78, 5) is 16.5. The van der Waals surface area contributed by atoms with Gasteiger partial charge in [-0.15, -0.1) is 0 Å². The lowest BCUT2D eigenvalue weighted by Gasteiger charge is -1.98. The van der Waals surface area contributed by atoms with E-state index in [-0.39, 0.29) is 11.4 Å². The van der Waals surface area contributed by atoms with Crippen LogP contribution in [0.1, 0.15) is 5.56 Å². The van der Waals surface area contributed by atoms with Gasteiger partial charge in [0.15, 0.2) is 0 Å². The van der Waals surface area contributed by atoms with Crippen molar-refractivity contribution in [3.63, 3.8) is 0 Å². The number of aromatic nitrogens is 2. The molecule has 13 heavy (non-hydrogen) atoms. The van der Waals surface area contributed by atoms with Gasteiger partial charge in [-0.3, -0.25) is 10.2 Å². The number of nitrogens with two attached hydrogens (primary N) is 1. The Labute approximate surface area is 73.1 Å². The average Bonchev–Trinajstić information content (AvgIpc) is 2.53. The maximum absolute atomic E-state index is 11.2. The molecule has 0 fully saturated rings. The fourth-order valence-electron chi connectivity index (χ4n) is 1.29. The maximum Gasteiger partial charge on any atom is 0.272 e. The van der Waals surface area contributed by atoms with E-state index in [1.165, 1.54) is 6.20 Å². The number of amidine groups is 1. The Morgan fingerprint density at radius 1 is 1.46 bits per heavy atom. The predicted octanol–water partition coefficient (Wildman–Crippen LogP) is 0.140. The fraction of sp³-hybridized carbons (Fsp3) is 0. The lowest BCUT2D eigenvalue weighted by atomic mass is 10.2. The molecule has 0 aliphatic heterocycles. The summed E-state index contributed by atoms with van der Waals surface area (Å²) in [5.74, 6) is -0.0548. The number of aromatic amines is 2. The second-order valence-electron chi connectivity index (χ2n) is 2.71. The van der Waals surface area contributed by atoms with Crippen molar-refractivity contribution in [2.75, 3.05) is 0 Å². The first kappa shape index (κ1) is 7.60. The van der Waals surface area contributed by atoms with E-state index in [4.69, 9.17) is 11.1 Å². The van der Waals surface area contributed by atoms with Gasteiger partial charge in [0.2, 0.25) is 0 Å². The molecule has 0 spiro atoms. The topological polar surface area (TPSA) is 98.5 Å². The molecule has 0 aromatic carbocycles. The van der Waals surface area contributed by atoms with Gasteiger partial charge >= 0.3 is 0 Å². The maximum atomic E-state index is 11.2. The highest BCUT2D eigenvalue weighted by molar-refractivity contribution is 6.06. The quantitative estimate of drug-likeness (QED) is 0.367. The van der Waals surface area contributed by atoms with Crippen LogP contribution in [-0.4, -0.2) is 15.8 Å². The third kappa shape index (κ3) is 1.01. The smallest absolute Gasteiger partial charge is 0.272 e. The highest BCUT2D eigenvalue weighted by Gasteiger charge is 2.06. The van der Waals surface area contributed by atoms with Crippen LogP contribution in [0.4, 0.5) is 0 Å². The first-order valence-electron chi connectivity index (χ1n) is 3.73. The molecule has 0 saturated carbocycles. The zero-order chi connectivity index (χ0) is 9.42. The summed E-state index contributed by atoms with van der Waals surface area (Å²) in [7, 11) is 0. The molecule has 2 heterocycles. The van der Waals surface area contributed by atoms with Crippen LogP contribution in [0.2, 0.25) is 0 Å². The predicted molar refractivity (Wildman–Crippen MR) is 49.9 cm³/mol. The summed E-state index contributed by atoms with van der Waals surface area (Å²) >= 11 is 0. The van der Waals surface area contributed by atoms with E-state index in [1.807, 2.05) is 0 Å². The van der Waals surface area contributed by atoms with Gasteiger partial charge in [0.1, 0.15) is 11.4 Å². The molecule has 0 unspecified atom stereocenters. The number of H-pyrrole nitrogens is 2. The molecule has 0 aliphatic carbocycles. The molecule has 2 rings (SSSR count). The Kier molecular flexibility index (Phi) is 1.45. The molecule has 2 aromatic rings. The molecule has 0 aliphatic rings. The Morgan fingerprint density at radius 3 is 2.92 bits per heavy atom. The largest absolute Gasteiger partial charge is 0.384 e. The van der Waals surface area contributed by atoms with Gasteiger partial charge in [-0.25, -0.2) is 0 Å². The van der Waals surface area contributed by atoms with Gasteiger partial charge in [-0.05, 0) is 6.07 Å². The molecule has 0 saturated heterocycles. The molecule has 5 heteroatoms. The Hall–Kier alpha value is -2.04. The second-order valence-corrected chi connectivity index (χ2v) is 2.71. The molecule has 5 nitrogen and oxygen atoms in total. The number of hydrogen-bond acceptors (Lipinski definition) is 2. The highest BCUT2D eigenvalue weighted by Crippen LogP contribution is 2.11. The molecule has 5 N–H and O–H groups in total. The minimum atomic E-state index is -0.204. The van der Waals surface area contributed by atoms with Crippen molar-refractivity contribution in [3.05, 3.63) is 34.4 Å². The van der Waals surface area contributed by atoms with Crippen molar-refractivity contribution < 1.29 is 0 Å². The number of nitrogen functional groups attached to an aromatic ring is 1. The standard InChI is InChI=1S/C8H8N4O/c9-7(10)5-3-12-8(13)6-4(5)1-2-11-6/h1-3,11H,(H3,9,10)(H,12,13). The van der Waals surface area contributed by atoms with E-state index in [0.29, 0.717) is 16.5 Å². The van der Waals surface area contributed by atoms with E-state index >= 15 is 0 Å². The van der Waals surface area contributed by atoms with Crippen molar-refractivity contribution in [1.29, 1.82) is 5.41 Å². The summed E-state index contributed by atoms with van der Waals surface area (Å²) in [5, 5.41) is 7.95. The van der Waals surface area contributed by atoms with Crippen molar-refractivity contribution >= 4 is 16.7 Å². The minimum Gasteiger partial charge on any atom is -0.384 e. The van der Waals surface area contributed by atoms with Crippen molar-refractivity contribution in [1.82, 2.24) is 9.97 Å². The van der Waals surface area contributed by atoms with Crippen LogP contribution >= 0.6 is 0 Å². The summed E-state index contributed by atoms with van der Waals surface area (Å²) in [6.45, 7) is 0. The van der Waals surface area contributed by atoms with Gasteiger partial charge < -0.3 is 15.7 Å². The number of hydrogen-bond donors (Lipinski definition) is 4. The number of rotatable bonds is 1. The van der Waals surface area contributed by atoms with Crippen LogP contribution in [0, 0.1) is 5.41 Å². The molecular formula is C8H8N4O. The van der Waals surface area contributed by atoms with Crippen LogP contribution in [0.3, 0.4) is 0 Å². The van der Waals surface area contributed by atoms with Gasteiger partial charge in [0.05, 0.1) is 0 Å². The Balaban J connectivity index is 2.94. The first-order chi connectivity index (χ1) is 6.20. The van der Waals surface area contributed by atoms with E-state index in [2.05, 4.69) is 9.97 Å². The molecule has 0 amide bonds. The average molecular weight is 176 g/mol. The van der Waals surface area contributed by atoms with Crippen LogP contribution < -0.4 is 11.3 Å². The number of fused-ring (bicyclic) bond motifs is 1. The summed E-state index contributed by atoms with van der Waals surface area (Å²) in [6.07, 6.45) is 3.09. The van der Waals surface area contributed by atoms with E-state index < -0.39 is 0 Å². The van der Waals surface area contributed by atoms with Gasteiger partial charge in [0, 0.05) is 23.3 Å². The lowest BCUT2D eigenvalue weighted by Crippen LogP contribution is -2.15. The summed E-state index contributed by atoms with van der Waals surface area (Å²) in [5.41, 5.74) is 6.12. The molecular weight excluding hydrogens is 168 g/mol. The third-order valence-corrected chi connectivity index (χ3v) is 1.90. The highest BCUT2D eigenvalue weighted by atomic mass is 16.1. The van der Waals surface area contributed by atoms with Crippen LogP contribution in [0.15, 0.2) is 23.3 Å². The number of pyridine rings is 1.